The van der Waals surface area contributed by atoms with Crippen LogP contribution in [-0.2, 0) is 16.9 Å². The van der Waals surface area contributed by atoms with Crippen molar-refractivity contribution < 1.29 is 14.6 Å². The van der Waals surface area contributed by atoms with Crippen LogP contribution >= 0.6 is 11.6 Å². The maximum atomic E-state index is 13.3. The molecule has 5 nitrogen and oxygen atoms in total. The van der Waals surface area contributed by atoms with Gasteiger partial charge in [0.05, 0.1) is 12.2 Å². The Morgan fingerprint density at radius 3 is 2.52 bits per heavy atom. The number of halogens is 1. The fourth-order valence-corrected chi connectivity index (χ4v) is 4.23. The van der Waals surface area contributed by atoms with E-state index in [1.165, 1.54) is 0 Å². The summed E-state index contributed by atoms with van der Waals surface area (Å²) < 4.78 is 7.27. The average molecular weight is 413 g/mol. The predicted molar refractivity (Wildman–Crippen MR) is 114 cm³/mol. The first-order valence-electron chi connectivity index (χ1n) is 9.87. The summed E-state index contributed by atoms with van der Waals surface area (Å²) in [5, 5.41) is 12.8. The predicted octanol–water partition coefficient (Wildman–Crippen LogP) is 4.06. The third-order valence-electron chi connectivity index (χ3n) is 5.81. The van der Waals surface area contributed by atoms with Crippen molar-refractivity contribution in [2.75, 3.05) is 26.8 Å². The third kappa shape index (κ3) is 3.90. The summed E-state index contributed by atoms with van der Waals surface area (Å²) in [5.41, 5.74) is 1.62. The molecule has 1 N–H and O–H groups in total. The minimum Gasteiger partial charge on any atom is -0.385 e. The lowest BCUT2D eigenvalue weighted by molar-refractivity contribution is -0.0213. The summed E-state index contributed by atoms with van der Waals surface area (Å²) in [5.74, 6) is -0.00420. The number of ether oxygens (including phenoxy) is 1. The molecule has 1 fully saturated rings. The second-order valence-electron chi connectivity index (χ2n) is 7.56. The summed E-state index contributed by atoms with van der Waals surface area (Å²) in [6.45, 7) is 2.16. The van der Waals surface area contributed by atoms with Gasteiger partial charge in [0.25, 0.3) is 5.91 Å². The van der Waals surface area contributed by atoms with Gasteiger partial charge in [-0.25, -0.2) is 0 Å². The first-order valence-corrected chi connectivity index (χ1v) is 10.2. The Balaban J connectivity index is 1.55. The van der Waals surface area contributed by atoms with Crippen LogP contribution in [0.4, 0.5) is 0 Å². The van der Waals surface area contributed by atoms with Crippen LogP contribution in [0.25, 0.3) is 10.9 Å². The zero-order chi connectivity index (χ0) is 20.4. The molecule has 29 heavy (non-hydrogen) atoms. The van der Waals surface area contributed by atoms with Crippen LogP contribution in [0, 0.1) is 0 Å². The average Bonchev–Trinajstić information content (AvgIpc) is 3.11. The smallest absolute Gasteiger partial charge is 0.270 e. The zero-order valence-corrected chi connectivity index (χ0v) is 17.2. The van der Waals surface area contributed by atoms with Gasteiger partial charge in [-0.05, 0) is 42.7 Å². The normalized spacial score (nSPS) is 16.3. The van der Waals surface area contributed by atoms with Crippen LogP contribution in [0.5, 0.6) is 0 Å². The first kappa shape index (κ1) is 20.0. The number of carbonyl (C=O) groups excluding carboxylic acids is 1. The van der Waals surface area contributed by atoms with E-state index in [4.69, 9.17) is 16.3 Å². The molecule has 0 spiro atoms. The minimum atomic E-state index is -0.926. The molecular weight excluding hydrogens is 388 g/mol. The van der Waals surface area contributed by atoms with E-state index in [0.29, 0.717) is 49.8 Å². The summed E-state index contributed by atoms with van der Waals surface area (Å²) in [6.07, 6.45) is 0.997. The van der Waals surface area contributed by atoms with E-state index in [9.17, 15) is 9.90 Å². The van der Waals surface area contributed by atoms with Gasteiger partial charge in [0, 0.05) is 42.7 Å². The van der Waals surface area contributed by atoms with Gasteiger partial charge in [-0.1, -0.05) is 41.9 Å². The molecule has 1 amide bonds. The van der Waals surface area contributed by atoms with Crippen LogP contribution in [0.2, 0.25) is 5.02 Å². The van der Waals surface area contributed by atoms with Gasteiger partial charge in [0.2, 0.25) is 0 Å². The van der Waals surface area contributed by atoms with Gasteiger partial charge in [0.1, 0.15) is 5.69 Å². The van der Waals surface area contributed by atoms with Crippen LogP contribution in [0.1, 0.15) is 28.9 Å². The highest BCUT2D eigenvalue weighted by atomic mass is 35.5. The fourth-order valence-electron chi connectivity index (χ4n) is 4.10. The Morgan fingerprint density at radius 2 is 1.83 bits per heavy atom. The van der Waals surface area contributed by atoms with Crippen molar-refractivity contribution in [3.63, 3.8) is 0 Å². The largest absolute Gasteiger partial charge is 0.385 e. The van der Waals surface area contributed by atoms with Crippen molar-refractivity contribution in [2.24, 2.45) is 0 Å². The van der Waals surface area contributed by atoms with Crippen LogP contribution in [0.15, 0.2) is 54.6 Å². The molecule has 4 rings (SSSR count). The SMILES string of the molecule is COCCn1c(C(=O)N2CCC(O)(c3ccc(Cl)cc3)CC2)cc2ccccc21. The standard InChI is InChI=1S/C23H25ClN2O3/c1-29-15-14-26-20-5-3-2-4-17(20)16-21(26)22(27)25-12-10-23(28,11-13-25)18-6-8-19(24)9-7-18/h2-9,16,28H,10-15H2,1H3. The van der Waals surface area contributed by atoms with Gasteiger partial charge in [-0.2, -0.15) is 0 Å². The van der Waals surface area contributed by atoms with E-state index in [-0.39, 0.29) is 5.91 Å². The zero-order valence-electron chi connectivity index (χ0n) is 16.5. The second-order valence-corrected chi connectivity index (χ2v) is 8.00. The van der Waals surface area contributed by atoms with E-state index in [0.717, 1.165) is 16.5 Å². The molecule has 0 unspecified atom stereocenters. The Morgan fingerprint density at radius 1 is 1.14 bits per heavy atom. The van der Waals surface area contributed by atoms with Crippen LogP contribution in [-0.4, -0.2) is 47.3 Å². The number of hydrogen-bond donors (Lipinski definition) is 1. The molecule has 1 saturated heterocycles. The molecule has 1 aromatic heterocycles. The number of fused-ring (bicyclic) bond motifs is 1. The maximum absolute atomic E-state index is 13.3. The number of rotatable bonds is 5. The fraction of sp³-hybridized carbons (Fsp3) is 0.348. The van der Waals surface area contributed by atoms with E-state index >= 15 is 0 Å². The lowest BCUT2D eigenvalue weighted by Crippen LogP contribution is -2.45. The van der Waals surface area contributed by atoms with E-state index in [1.54, 1.807) is 19.2 Å². The number of nitrogens with zero attached hydrogens (tertiary/aromatic N) is 2. The molecule has 2 aromatic carbocycles. The number of likely N-dealkylation sites (tertiary alicyclic amines) is 1. The van der Waals surface area contributed by atoms with Gasteiger partial charge < -0.3 is 19.3 Å². The van der Waals surface area contributed by atoms with Gasteiger partial charge in [-0.3, -0.25) is 4.79 Å². The molecule has 6 heteroatoms. The maximum Gasteiger partial charge on any atom is 0.270 e. The van der Waals surface area contributed by atoms with Crippen molar-refractivity contribution in [1.82, 2.24) is 9.47 Å². The van der Waals surface area contributed by atoms with Crippen molar-refractivity contribution in [1.29, 1.82) is 0 Å². The molecule has 1 aliphatic rings. The highest BCUT2D eigenvalue weighted by molar-refractivity contribution is 6.30. The summed E-state index contributed by atoms with van der Waals surface area (Å²) in [4.78, 5) is 15.1. The first-order chi connectivity index (χ1) is 14.0. The van der Waals surface area contributed by atoms with E-state index in [1.807, 2.05) is 51.9 Å². The van der Waals surface area contributed by atoms with Crippen molar-refractivity contribution in [3.05, 3.63) is 70.9 Å². The monoisotopic (exact) mass is 412 g/mol. The molecule has 0 bridgehead atoms. The summed E-state index contributed by atoms with van der Waals surface area (Å²) >= 11 is 5.97. The van der Waals surface area contributed by atoms with E-state index < -0.39 is 5.60 Å². The second kappa shape index (κ2) is 8.19. The number of aliphatic hydroxyl groups is 1. The molecule has 152 valence electrons. The molecule has 0 saturated carbocycles. The number of amides is 1. The number of para-hydroxylation sites is 1. The van der Waals surface area contributed by atoms with Crippen molar-refractivity contribution >= 4 is 28.4 Å². The molecule has 1 aliphatic heterocycles. The highest BCUT2D eigenvalue weighted by Gasteiger charge is 2.36. The number of hydrogen-bond acceptors (Lipinski definition) is 3. The lowest BCUT2D eigenvalue weighted by Gasteiger charge is -2.38. The number of piperidine rings is 1. The Hall–Kier alpha value is -2.34. The van der Waals surface area contributed by atoms with E-state index in [2.05, 4.69) is 0 Å². The van der Waals surface area contributed by atoms with Gasteiger partial charge in [-0.15, -0.1) is 0 Å². The Kier molecular flexibility index (Phi) is 5.63. The molecule has 0 radical (unpaired) electrons. The molecule has 0 aliphatic carbocycles. The van der Waals surface area contributed by atoms with Crippen molar-refractivity contribution in [2.45, 2.75) is 25.0 Å². The minimum absolute atomic E-state index is 0.00420. The van der Waals surface area contributed by atoms with Crippen molar-refractivity contribution in [3.8, 4) is 0 Å². The molecule has 0 atom stereocenters. The van der Waals surface area contributed by atoms with Crippen LogP contribution < -0.4 is 0 Å². The Bertz CT molecular complexity index is 1000. The molecule has 2 heterocycles. The number of methoxy groups -OCH3 is 1. The topological polar surface area (TPSA) is 54.7 Å². The Labute approximate surface area is 175 Å². The number of benzene rings is 2. The highest BCUT2D eigenvalue weighted by Crippen LogP contribution is 2.34. The molecule has 3 aromatic rings. The quantitative estimate of drug-likeness (QED) is 0.687. The van der Waals surface area contributed by atoms with Gasteiger partial charge in [0.15, 0.2) is 0 Å². The van der Waals surface area contributed by atoms with Gasteiger partial charge >= 0.3 is 0 Å². The summed E-state index contributed by atoms with van der Waals surface area (Å²) in [6, 6.07) is 17.3. The number of aromatic nitrogens is 1. The third-order valence-corrected chi connectivity index (χ3v) is 6.06. The molecular formula is C23H25ClN2O3. The lowest BCUT2D eigenvalue weighted by atomic mass is 9.84. The number of carbonyl (C=O) groups is 1. The summed E-state index contributed by atoms with van der Waals surface area (Å²) in [7, 11) is 1.66. The van der Waals surface area contributed by atoms with Crippen LogP contribution in [0.3, 0.4) is 0 Å².